The molecule has 0 N–H and O–H groups in total. The van der Waals surface area contributed by atoms with Crippen molar-refractivity contribution in [1.29, 1.82) is 0 Å². The van der Waals surface area contributed by atoms with Crippen molar-refractivity contribution in [1.82, 2.24) is 0 Å². The van der Waals surface area contributed by atoms with Crippen molar-refractivity contribution in [2.75, 3.05) is 13.2 Å². The van der Waals surface area contributed by atoms with E-state index in [1.807, 2.05) is 13.8 Å². The van der Waals surface area contributed by atoms with Gasteiger partial charge in [0.05, 0.1) is 13.2 Å². The first-order valence-electron chi connectivity index (χ1n) is 5.87. The average Bonchev–Trinajstić information content (AvgIpc) is 2.19. The Morgan fingerprint density at radius 2 is 1.64 bits per heavy atom. The van der Waals surface area contributed by atoms with Crippen LogP contribution < -0.4 is 0 Å². The minimum absolute atomic E-state index is 0.0676. The molecule has 0 spiro atoms. The maximum atomic E-state index is 5.57. The van der Waals surface area contributed by atoms with Gasteiger partial charge in [-0.3, -0.25) is 0 Å². The molecule has 1 rings (SSSR count). The summed E-state index contributed by atoms with van der Waals surface area (Å²) < 4.78 is 11.1. The fourth-order valence-electron chi connectivity index (χ4n) is 1.26. The quantitative estimate of drug-likeness (QED) is 0.696. The molecule has 1 heterocycles. The van der Waals surface area contributed by atoms with Crippen molar-refractivity contribution in [2.45, 2.75) is 60.2 Å². The van der Waals surface area contributed by atoms with Crippen LogP contribution in [0, 0.1) is 5.41 Å². The van der Waals surface area contributed by atoms with E-state index >= 15 is 0 Å². The van der Waals surface area contributed by atoms with E-state index in [0.717, 1.165) is 19.6 Å². The zero-order valence-corrected chi connectivity index (χ0v) is 10.4. The standard InChI is InChI=1S/C10H20O2.C2H6/c1-4-5-6-9-11-7-10(2,3)8-12-9;1-2/h9H,4-8H2,1-3H3;1-2H3. The van der Waals surface area contributed by atoms with Gasteiger partial charge in [0.2, 0.25) is 0 Å². The van der Waals surface area contributed by atoms with Crippen LogP contribution in [-0.4, -0.2) is 19.5 Å². The average molecular weight is 202 g/mol. The second-order valence-corrected chi connectivity index (χ2v) is 4.36. The van der Waals surface area contributed by atoms with Crippen molar-refractivity contribution in [3.63, 3.8) is 0 Å². The van der Waals surface area contributed by atoms with Gasteiger partial charge >= 0.3 is 0 Å². The Kier molecular flexibility index (Phi) is 7.20. The predicted octanol–water partition coefficient (Wildman–Crippen LogP) is 3.60. The van der Waals surface area contributed by atoms with E-state index in [0.29, 0.717) is 0 Å². The van der Waals surface area contributed by atoms with Crippen molar-refractivity contribution in [3.05, 3.63) is 0 Å². The lowest BCUT2D eigenvalue weighted by atomic mass is 9.95. The third-order valence-electron chi connectivity index (χ3n) is 2.11. The largest absolute Gasteiger partial charge is 0.352 e. The Labute approximate surface area is 89.0 Å². The molecule has 0 aromatic heterocycles. The fourth-order valence-corrected chi connectivity index (χ4v) is 1.26. The molecule has 0 aliphatic carbocycles. The molecule has 0 radical (unpaired) electrons. The number of ether oxygens (including phenoxy) is 2. The lowest BCUT2D eigenvalue weighted by molar-refractivity contribution is -0.224. The first kappa shape index (κ1) is 13.9. The lowest BCUT2D eigenvalue weighted by Crippen LogP contribution is -2.37. The zero-order valence-electron chi connectivity index (χ0n) is 10.4. The van der Waals surface area contributed by atoms with Crippen molar-refractivity contribution in [3.8, 4) is 0 Å². The maximum absolute atomic E-state index is 5.57. The summed E-state index contributed by atoms with van der Waals surface area (Å²) in [6, 6.07) is 0. The molecule has 1 saturated heterocycles. The van der Waals surface area contributed by atoms with Crippen LogP contribution in [0.25, 0.3) is 0 Å². The molecule has 14 heavy (non-hydrogen) atoms. The van der Waals surface area contributed by atoms with E-state index in [-0.39, 0.29) is 11.7 Å². The highest BCUT2D eigenvalue weighted by molar-refractivity contribution is 4.71. The minimum atomic E-state index is 0.0676. The van der Waals surface area contributed by atoms with Crippen LogP contribution in [0.15, 0.2) is 0 Å². The molecule has 1 aliphatic rings. The summed E-state index contributed by atoms with van der Waals surface area (Å²) in [5.41, 5.74) is 0.211. The third kappa shape index (κ3) is 5.61. The highest BCUT2D eigenvalue weighted by Crippen LogP contribution is 2.24. The van der Waals surface area contributed by atoms with Gasteiger partial charge in [0.1, 0.15) is 0 Å². The normalized spacial score (nSPS) is 21.2. The SMILES string of the molecule is CC.CCCCC1OCC(C)(C)CO1. The molecule has 0 aromatic carbocycles. The van der Waals surface area contributed by atoms with E-state index in [4.69, 9.17) is 9.47 Å². The topological polar surface area (TPSA) is 18.5 Å². The fraction of sp³-hybridized carbons (Fsp3) is 1.00. The summed E-state index contributed by atoms with van der Waals surface area (Å²) >= 11 is 0. The van der Waals surface area contributed by atoms with Crippen LogP contribution in [0.1, 0.15) is 53.9 Å². The molecule has 0 amide bonds. The number of hydrogen-bond donors (Lipinski definition) is 0. The predicted molar refractivity (Wildman–Crippen MR) is 60.3 cm³/mol. The van der Waals surface area contributed by atoms with Gasteiger partial charge in [0.15, 0.2) is 6.29 Å². The van der Waals surface area contributed by atoms with E-state index in [1.165, 1.54) is 12.8 Å². The molecule has 0 unspecified atom stereocenters. The van der Waals surface area contributed by atoms with Crippen LogP contribution in [-0.2, 0) is 9.47 Å². The van der Waals surface area contributed by atoms with E-state index in [1.54, 1.807) is 0 Å². The number of hydrogen-bond acceptors (Lipinski definition) is 2. The highest BCUT2D eigenvalue weighted by Gasteiger charge is 2.27. The Morgan fingerprint density at radius 1 is 1.14 bits per heavy atom. The molecule has 1 fully saturated rings. The molecule has 86 valence electrons. The van der Waals surface area contributed by atoms with Crippen LogP contribution >= 0.6 is 0 Å². The lowest BCUT2D eigenvalue weighted by Gasteiger charge is -2.34. The van der Waals surface area contributed by atoms with Crippen LogP contribution in [0.3, 0.4) is 0 Å². The van der Waals surface area contributed by atoms with Crippen LogP contribution in [0.4, 0.5) is 0 Å². The van der Waals surface area contributed by atoms with Gasteiger partial charge in [-0.15, -0.1) is 0 Å². The minimum Gasteiger partial charge on any atom is -0.352 e. The molecule has 2 nitrogen and oxygen atoms in total. The molecule has 0 atom stereocenters. The smallest absolute Gasteiger partial charge is 0.157 e. The van der Waals surface area contributed by atoms with E-state index < -0.39 is 0 Å². The Morgan fingerprint density at radius 3 is 2.07 bits per heavy atom. The first-order valence-corrected chi connectivity index (χ1v) is 5.87. The van der Waals surface area contributed by atoms with Gasteiger partial charge < -0.3 is 9.47 Å². The second kappa shape index (κ2) is 7.24. The van der Waals surface area contributed by atoms with Gasteiger partial charge in [-0.1, -0.05) is 41.0 Å². The first-order chi connectivity index (χ1) is 6.64. The summed E-state index contributed by atoms with van der Waals surface area (Å²) in [4.78, 5) is 0. The molecule has 0 aromatic rings. The van der Waals surface area contributed by atoms with Crippen molar-refractivity contribution in [2.24, 2.45) is 5.41 Å². The summed E-state index contributed by atoms with van der Waals surface area (Å²) in [7, 11) is 0. The molecule has 1 aliphatic heterocycles. The van der Waals surface area contributed by atoms with Gasteiger partial charge in [0, 0.05) is 5.41 Å². The van der Waals surface area contributed by atoms with Crippen molar-refractivity contribution >= 4 is 0 Å². The monoisotopic (exact) mass is 202 g/mol. The molecule has 2 heteroatoms. The zero-order chi connectivity index (χ0) is 11.0. The summed E-state index contributed by atoms with van der Waals surface area (Å²) in [6.45, 7) is 12.2. The Balaban J connectivity index is 0.000000791. The molecule has 0 bridgehead atoms. The van der Waals surface area contributed by atoms with Gasteiger partial charge in [-0.05, 0) is 12.8 Å². The Bertz CT molecular complexity index is 122. The van der Waals surface area contributed by atoms with Gasteiger partial charge in [-0.2, -0.15) is 0 Å². The summed E-state index contributed by atoms with van der Waals surface area (Å²) in [6.07, 6.45) is 3.53. The van der Waals surface area contributed by atoms with Crippen molar-refractivity contribution < 1.29 is 9.47 Å². The number of rotatable bonds is 3. The third-order valence-corrected chi connectivity index (χ3v) is 2.11. The van der Waals surface area contributed by atoms with E-state index in [9.17, 15) is 0 Å². The van der Waals surface area contributed by atoms with Gasteiger partial charge in [-0.25, -0.2) is 0 Å². The van der Waals surface area contributed by atoms with Crippen LogP contribution in [0.5, 0.6) is 0 Å². The molecule has 0 saturated carbocycles. The van der Waals surface area contributed by atoms with Gasteiger partial charge in [0.25, 0.3) is 0 Å². The second-order valence-electron chi connectivity index (χ2n) is 4.36. The maximum Gasteiger partial charge on any atom is 0.157 e. The van der Waals surface area contributed by atoms with E-state index in [2.05, 4.69) is 20.8 Å². The Hall–Kier alpha value is -0.0800. The molecular weight excluding hydrogens is 176 g/mol. The molecular formula is C12H26O2. The highest BCUT2D eigenvalue weighted by atomic mass is 16.7. The summed E-state index contributed by atoms with van der Waals surface area (Å²) in [5.74, 6) is 0. The number of unbranched alkanes of at least 4 members (excludes halogenated alkanes) is 1. The summed E-state index contributed by atoms with van der Waals surface area (Å²) in [5, 5.41) is 0. The van der Waals surface area contributed by atoms with Crippen LogP contribution in [0.2, 0.25) is 0 Å².